The Hall–Kier alpha value is -2.50. The summed E-state index contributed by atoms with van der Waals surface area (Å²) < 4.78 is 29.9. The van der Waals surface area contributed by atoms with E-state index in [2.05, 4.69) is 31.6 Å². The second-order valence-corrected chi connectivity index (χ2v) is 11.4. The molecular formula is C21H27N7O3S. The molecule has 0 aliphatic carbocycles. The van der Waals surface area contributed by atoms with E-state index >= 15 is 0 Å². The van der Waals surface area contributed by atoms with Crippen molar-refractivity contribution in [3.8, 4) is 5.75 Å². The molecule has 0 atom stereocenters. The Balaban J connectivity index is 1.26. The van der Waals surface area contributed by atoms with Crippen molar-refractivity contribution in [3.05, 3.63) is 29.3 Å². The third-order valence-corrected chi connectivity index (χ3v) is 8.56. The van der Waals surface area contributed by atoms with Gasteiger partial charge in [-0.15, -0.1) is 0 Å². The molecule has 11 heteroatoms. The van der Waals surface area contributed by atoms with E-state index in [1.165, 1.54) is 6.33 Å². The summed E-state index contributed by atoms with van der Waals surface area (Å²) in [7, 11) is -2.97. The summed E-state index contributed by atoms with van der Waals surface area (Å²) in [5, 5.41) is 6.79. The van der Waals surface area contributed by atoms with Gasteiger partial charge in [0.15, 0.2) is 15.6 Å². The van der Waals surface area contributed by atoms with Crippen LogP contribution in [0.4, 0.5) is 17.3 Å². The molecule has 10 nitrogen and oxygen atoms in total. The zero-order chi connectivity index (χ0) is 21.9. The maximum absolute atomic E-state index is 11.8. The van der Waals surface area contributed by atoms with Crippen LogP contribution in [-0.2, 0) is 16.4 Å². The molecule has 0 radical (unpaired) electrons. The number of pyridine rings is 1. The molecule has 32 heavy (non-hydrogen) atoms. The van der Waals surface area contributed by atoms with Crippen molar-refractivity contribution in [2.45, 2.75) is 25.5 Å². The van der Waals surface area contributed by atoms with Crippen LogP contribution in [-0.4, -0.2) is 85.1 Å². The number of aromatic nitrogens is 3. The number of sulfone groups is 1. The van der Waals surface area contributed by atoms with Crippen molar-refractivity contribution in [1.29, 1.82) is 0 Å². The van der Waals surface area contributed by atoms with E-state index in [1.54, 1.807) is 0 Å². The van der Waals surface area contributed by atoms with Gasteiger partial charge < -0.3 is 20.3 Å². The number of anilines is 3. The van der Waals surface area contributed by atoms with Crippen LogP contribution in [0.5, 0.6) is 5.75 Å². The molecular weight excluding hydrogens is 430 g/mol. The molecule has 170 valence electrons. The molecule has 6 heterocycles. The van der Waals surface area contributed by atoms with Crippen LogP contribution < -0.4 is 20.3 Å². The number of nitrogens with one attached hydrogen (secondary N) is 2. The molecule has 4 aliphatic heterocycles. The number of ether oxygens (including phenoxy) is 1. The molecule has 0 aromatic carbocycles. The summed E-state index contributed by atoms with van der Waals surface area (Å²) in [4.78, 5) is 18.3. The number of hydrogen-bond acceptors (Lipinski definition) is 10. The minimum atomic E-state index is -2.97. The first kappa shape index (κ1) is 20.1. The fourth-order valence-corrected chi connectivity index (χ4v) is 6.01. The molecule has 3 fully saturated rings. The van der Waals surface area contributed by atoms with Gasteiger partial charge in [-0.3, -0.25) is 9.88 Å². The van der Waals surface area contributed by atoms with Crippen LogP contribution in [0.2, 0.25) is 0 Å². The molecule has 6 rings (SSSR count). The summed E-state index contributed by atoms with van der Waals surface area (Å²) in [6, 6.07) is 2.76. The van der Waals surface area contributed by atoms with Gasteiger partial charge in [-0.05, 0) is 13.0 Å². The first-order valence-corrected chi connectivity index (χ1v) is 12.9. The summed E-state index contributed by atoms with van der Waals surface area (Å²) in [5.74, 6) is 2.89. The van der Waals surface area contributed by atoms with E-state index in [0.29, 0.717) is 37.5 Å². The van der Waals surface area contributed by atoms with Crippen LogP contribution in [0.15, 0.2) is 12.4 Å². The van der Waals surface area contributed by atoms with Crippen LogP contribution >= 0.6 is 0 Å². The lowest BCUT2D eigenvalue weighted by Gasteiger charge is -2.48. The highest BCUT2D eigenvalue weighted by Crippen LogP contribution is 2.40. The summed E-state index contributed by atoms with van der Waals surface area (Å²) >= 11 is 0. The van der Waals surface area contributed by atoms with E-state index < -0.39 is 9.84 Å². The van der Waals surface area contributed by atoms with Gasteiger partial charge in [0.1, 0.15) is 24.6 Å². The van der Waals surface area contributed by atoms with E-state index in [-0.39, 0.29) is 11.5 Å². The maximum Gasteiger partial charge on any atom is 0.164 e. The molecule has 0 unspecified atom stereocenters. The Kier molecular flexibility index (Phi) is 4.74. The lowest BCUT2D eigenvalue weighted by Crippen LogP contribution is -2.63. The third kappa shape index (κ3) is 3.48. The van der Waals surface area contributed by atoms with Gasteiger partial charge in [0.05, 0.1) is 28.5 Å². The summed E-state index contributed by atoms with van der Waals surface area (Å²) in [6.07, 6.45) is 1.53. The standard InChI is InChI=1S/C21H27N7O3S/c1-13-19-18(6-17(25-13)14-9-28(10-14)15-7-22-8-15)26-20-16(11-31-19)21(24-12-23-20)27-2-4-32(29,30)5-3-27/h6,12,14-15,22H,2-5,7-11H2,1H3,(H,23,24,26). The van der Waals surface area contributed by atoms with Crippen LogP contribution in [0, 0.1) is 6.92 Å². The van der Waals surface area contributed by atoms with Crippen molar-refractivity contribution in [1.82, 2.24) is 25.2 Å². The largest absolute Gasteiger partial charge is 0.485 e. The molecule has 2 aromatic heterocycles. The average molecular weight is 458 g/mol. The van der Waals surface area contributed by atoms with Gasteiger partial charge in [0, 0.05) is 56.9 Å². The summed E-state index contributed by atoms with van der Waals surface area (Å²) in [5.41, 5.74) is 3.66. The Morgan fingerprint density at radius 1 is 1.16 bits per heavy atom. The Morgan fingerprint density at radius 3 is 2.66 bits per heavy atom. The second-order valence-electron chi connectivity index (χ2n) is 9.05. The van der Waals surface area contributed by atoms with Crippen molar-refractivity contribution in [3.63, 3.8) is 0 Å². The van der Waals surface area contributed by atoms with E-state index in [9.17, 15) is 8.42 Å². The SMILES string of the molecule is Cc1nc(C2CN(C3CNC3)C2)cc2c1OCc1c(ncnc1N1CCS(=O)(=O)CC1)N2. The fraction of sp³-hybridized carbons (Fsp3) is 0.571. The van der Waals surface area contributed by atoms with Crippen LogP contribution in [0.3, 0.4) is 0 Å². The van der Waals surface area contributed by atoms with Gasteiger partial charge in [-0.2, -0.15) is 0 Å². The minimum absolute atomic E-state index is 0.141. The number of likely N-dealkylation sites (tertiary alicyclic amines) is 1. The predicted octanol–water partition coefficient (Wildman–Crippen LogP) is 0.422. The van der Waals surface area contributed by atoms with Gasteiger partial charge in [-0.25, -0.2) is 18.4 Å². The van der Waals surface area contributed by atoms with Gasteiger partial charge >= 0.3 is 0 Å². The van der Waals surface area contributed by atoms with Gasteiger partial charge in [0.25, 0.3) is 0 Å². The lowest BCUT2D eigenvalue weighted by molar-refractivity contribution is 0.0598. The summed E-state index contributed by atoms with van der Waals surface area (Å²) in [6.45, 7) is 7.40. The highest BCUT2D eigenvalue weighted by atomic mass is 32.2. The molecule has 0 saturated carbocycles. The fourth-order valence-electron chi connectivity index (χ4n) is 4.81. The molecule has 0 amide bonds. The highest BCUT2D eigenvalue weighted by molar-refractivity contribution is 7.91. The third-order valence-electron chi connectivity index (χ3n) is 6.95. The quantitative estimate of drug-likeness (QED) is 0.672. The average Bonchev–Trinajstić information content (AvgIpc) is 2.88. The van der Waals surface area contributed by atoms with Crippen LogP contribution in [0.25, 0.3) is 0 Å². The van der Waals surface area contributed by atoms with Crippen molar-refractivity contribution >= 4 is 27.2 Å². The smallest absolute Gasteiger partial charge is 0.164 e. The molecule has 2 aromatic rings. The first-order valence-electron chi connectivity index (χ1n) is 11.1. The number of rotatable bonds is 3. The van der Waals surface area contributed by atoms with Gasteiger partial charge in [-0.1, -0.05) is 0 Å². The minimum Gasteiger partial charge on any atom is -0.485 e. The Bertz CT molecular complexity index is 1150. The molecule has 2 N–H and O–H groups in total. The van der Waals surface area contributed by atoms with E-state index in [4.69, 9.17) is 9.72 Å². The molecule has 4 aliphatic rings. The number of nitrogens with zero attached hydrogens (tertiary/aromatic N) is 5. The Labute approximate surface area is 187 Å². The topological polar surface area (TPSA) is 113 Å². The van der Waals surface area contributed by atoms with Crippen molar-refractivity contribution in [2.75, 3.05) is 61.0 Å². The number of hydrogen-bond donors (Lipinski definition) is 2. The molecule has 0 spiro atoms. The maximum atomic E-state index is 11.8. The van der Waals surface area contributed by atoms with E-state index in [0.717, 1.165) is 60.4 Å². The predicted molar refractivity (Wildman–Crippen MR) is 120 cm³/mol. The highest BCUT2D eigenvalue weighted by Gasteiger charge is 2.37. The lowest BCUT2D eigenvalue weighted by atomic mass is 9.91. The molecule has 0 bridgehead atoms. The second kappa shape index (κ2) is 7.53. The number of aryl methyl sites for hydroxylation is 1. The Morgan fingerprint density at radius 2 is 1.94 bits per heavy atom. The normalized spacial score (nSPS) is 23.1. The van der Waals surface area contributed by atoms with Crippen molar-refractivity contribution < 1.29 is 13.2 Å². The zero-order valence-corrected chi connectivity index (χ0v) is 18.9. The van der Waals surface area contributed by atoms with E-state index in [1.807, 2.05) is 11.8 Å². The zero-order valence-electron chi connectivity index (χ0n) is 18.0. The number of fused-ring (bicyclic) bond motifs is 2. The molecule has 3 saturated heterocycles. The van der Waals surface area contributed by atoms with Crippen LogP contribution in [0.1, 0.15) is 22.9 Å². The van der Waals surface area contributed by atoms with Gasteiger partial charge in [0.2, 0.25) is 0 Å². The first-order chi connectivity index (χ1) is 15.5. The van der Waals surface area contributed by atoms with Crippen molar-refractivity contribution in [2.24, 2.45) is 0 Å². The monoisotopic (exact) mass is 457 g/mol.